The second-order valence-electron chi connectivity index (χ2n) is 5.15. The van der Waals surface area contributed by atoms with Crippen LogP contribution in [-0.4, -0.2) is 40.1 Å². The summed E-state index contributed by atoms with van der Waals surface area (Å²) in [5.41, 5.74) is 2.13. The van der Waals surface area contributed by atoms with E-state index < -0.39 is 0 Å². The minimum absolute atomic E-state index is 0.0608. The first-order valence-corrected chi connectivity index (χ1v) is 6.58. The van der Waals surface area contributed by atoms with E-state index in [1.165, 1.54) is 0 Å². The van der Waals surface area contributed by atoms with Crippen molar-refractivity contribution in [3.05, 3.63) is 17.5 Å². The summed E-state index contributed by atoms with van der Waals surface area (Å²) < 4.78 is 1.95. The van der Waals surface area contributed by atoms with Gasteiger partial charge in [-0.05, 0) is 32.8 Å². The molecule has 0 radical (unpaired) electrons. The van der Waals surface area contributed by atoms with Gasteiger partial charge in [0.05, 0.1) is 18.3 Å². The first-order valence-electron chi connectivity index (χ1n) is 6.58. The Morgan fingerprint density at radius 3 is 2.68 bits per heavy atom. The van der Waals surface area contributed by atoms with E-state index in [9.17, 15) is 4.79 Å². The summed E-state index contributed by atoms with van der Waals surface area (Å²) in [5, 5.41) is 18.7. The SMILES string of the molecule is Cc1cc(C)n(CC(C)CNC(=O)NC(C)CO)n1. The maximum atomic E-state index is 11.5. The van der Waals surface area contributed by atoms with E-state index in [1.54, 1.807) is 6.92 Å². The Balaban J connectivity index is 2.33. The van der Waals surface area contributed by atoms with Gasteiger partial charge in [-0.15, -0.1) is 0 Å². The van der Waals surface area contributed by atoms with Crippen LogP contribution in [0.15, 0.2) is 6.07 Å². The fraction of sp³-hybridized carbons (Fsp3) is 0.692. The van der Waals surface area contributed by atoms with Crippen LogP contribution in [0.4, 0.5) is 4.79 Å². The molecule has 0 spiro atoms. The molecule has 0 saturated heterocycles. The third-order valence-electron chi connectivity index (χ3n) is 2.85. The molecule has 1 aromatic heterocycles. The van der Waals surface area contributed by atoms with Crippen molar-refractivity contribution in [2.75, 3.05) is 13.2 Å². The second kappa shape index (κ2) is 7.13. The zero-order valence-electron chi connectivity index (χ0n) is 12.1. The molecule has 0 bridgehead atoms. The first-order chi connectivity index (χ1) is 8.92. The maximum absolute atomic E-state index is 11.5. The number of aliphatic hydroxyl groups is 1. The molecular formula is C13H24N4O2. The predicted molar refractivity (Wildman–Crippen MR) is 73.9 cm³/mol. The number of nitrogens with zero attached hydrogens (tertiary/aromatic N) is 2. The Morgan fingerprint density at radius 2 is 2.16 bits per heavy atom. The van der Waals surface area contributed by atoms with Gasteiger partial charge in [0.15, 0.2) is 0 Å². The number of urea groups is 1. The van der Waals surface area contributed by atoms with Crippen LogP contribution in [0.2, 0.25) is 0 Å². The molecule has 1 rings (SSSR count). The number of rotatable bonds is 6. The monoisotopic (exact) mass is 268 g/mol. The molecule has 0 aliphatic carbocycles. The van der Waals surface area contributed by atoms with Crippen LogP contribution in [0.3, 0.4) is 0 Å². The number of carbonyl (C=O) groups is 1. The number of aliphatic hydroxyl groups excluding tert-OH is 1. The first kappa shape index (κ1) is 15.5. The van der Waals surface area contributed by atoms with E-state index in [0.717, 1.165) is 17.9 Å². The molecule has 0 fully saturated rings. The average molecular weight is 268 g/mol. The summed E-state index contributed by atoms with van der Waals surface area (Å²) >= 11 is 0. The van der Waals surface area contributed by atoms with E-state index in [2.05, 4.69) is 22.7 Å². The van der Waals surface area contributed by atoms with Crippen LogP contribution in [0.25, 0.3) is 0 Å². The lowest BCUT2D eigenvalue weighted by atomic mass is 10.2. The van der Waals surface area contributed by atoms with Crippen molar-refractivity contribution >= 4 is 6.03 Å². The maximum Gasteiger partial charge on any atom is 0.315 e. The Labute approximate surface area is 114 Å². The summed E-state index contributed by atoms with van der Waals surface area (Å²) in [5.74, 6) is 0.285. The van der Waals surface area contributed by atoms with Gasteiger partial charge in [0.1, 0.15) is 0 Å². The van der Waals surface area contributed by atoms with Crippen LogP contribution in [0, 0.1) is 19.8 Å². The molecule has 1 aromatic rings. The molecule has 2 atom stereocenters. The summed E-state index contributed by atoms with van der Waals surface area (Å²) in [7, 11) is 0. The summed E-state index contributed by atoms with van der Waals surface area (Å²) in [4.78, 5) is 11.5. The lowest BCUT2D eigenvalue weighted by molar-refractivity contribution is 0.218. The molecule has 6 heteroatoms. The predicted octanol–water partition coefficient (Wildman–Crippen LogP) is 0.816. The van der Waals surface area contributed by atoms with Crippen molar-refractivity contribution in [2.45, 2.75) is 40.3 Å². The van der Waals surface area contributed by atoms with E-state index in [1.807, 2.05) is 24.6 Å². The van der Waals surface area contributed by atoms with Crippen molar-refractivity contribution < 1.29 is 9.90 Å². The highest BCUT2D eigenvalue weighted by molar-refractivity contribution is 5.74. The zero-order valence-corrected chi connectivity index (χ0v) is 12.1. The minimum atomic E-state index is -0.248. The van der Waals surface area contributed by atoms with E-state index in [4.69, 9.17) is 5.11 Å². The lowest BCUT2D eigenvalue weighted by Crippen LogP contribution is -2.43. The van der Waals surface area contributed by atoms with Gasteiger partial charge in [0.2, 0.25) is 0 Å². The Morgan fingerprint density at radius 1 is 1.47 bits per heavy atom. The molecule has 2 amide bonds. The van der Waals surface area contributed by atoms with Crippen LogP contribution in [-0.2, 0) is 6.54 Å². The quantitative estimate of drug-likeness (QED) is 0.714. The van der Waals surface area contributed by atoms with Crippen molar-refractivity contribution in [1.29, 1.82) is 0 Å². The molecule has 0 saturated carbocycles. The minimum Gasteiger partial charge on any atom is -0.394 e. The summed E-state index contributed by atoms with van der Waals surface area (Å²) in [6, 6.07) is 1.56. The second-order valence-corrected chi connectivity index (χ2v) is 5.15. The molecule has 2 unspecified atom stereocenters. The van der Waals surface area contributed by atoms with Crippen molar-refractivity contribution in [3.8, 4) is 0 Å². The number of carbonyl (C=O) groups excluding carboxylic acids is 1. The number of nitrogens with one attached hydrogen (secondary N) is 2. The number of aryl methyl sites for hydroxylation is 2. The molecule has 108 valence electrons. The largest absolute Gasteiger partial charge is 0.394 e. The van der Waals surface area contributed by atoms with Crippen LogP contribution in [0.1, 0.15) is 25.2 Å². The van der Waals surface area contributed by atoms with Gasteiger partial charge in [-0.3, -0.25) is 4.68 Å². The molecule has 1 heterocycles. The molecule has 0 aliphatic heterocycles. The Kier molecular flexibility index (Phi) is 5.82. The van der Waals surface area contributed by atoms with Gasteiger partial charge in [0.25, 0.3) is 0 Å². The van der Waals surface area contributed by atoms with Crippen molar-refractivity contribution in [2.24, 2.45) is 5.92 Å². The van der Waals surface area contributed by atoms with Crippen LogP contribution in [0.5, 0.6) is 0 Å². The van der Waals surface area contributed by atoms with Crippen molar-refractivity contribution in [3.63, 3.8) is 0 Å². The highest BCUT2D eigenvalue weighted by atomic mass is 16.3. The molecule has 3 N–H and O–H groups in total. The van der Waals surface area contributed by atoms with E-state index in [0.29, 0.717) is 6.54 Å². The van der Waals surface area contributed by atoms with Crippen molar-refractivity contribution in [1.82, 2.24) is 20.4 Å². The standard InChI is InChI=1S/C13H24N4O2/c1-9(6-14-13(19)15-11(3)8-18)7-17-12(4)5-10(2)16-17/h5,9,11,18H,6-8H2,1-4H3,(H2,14,15,19). The van der Waals surface area contributed by atoms with Crippen LogP contribution < -0.4 is 10.6 Å². The van der Waals surface area contributed by atoms with Gasteiger partial charge < -0.3 is 15.7 Å². The number of aromatic nitrogens is 2. The summed E-state index contributed by atoms with van der Waals surface area (Å²) in [6.07, 6.45) is 0. The Hall–Kier alpha value is -1.56. The normalized spacial score (nSPS) is 13.9. The number of hydrogen-bond acceptors (Lipinski definition) is 3. The highest BCUT2D eigenvalue weighted by Gasteiger charge is 2.10. The van der Waals surface area contributed by atoms with Gasteiger partial charge in [-0.2, -0.15) is 5.10 Å². The number of hydrogen-bond donors (Lipinski definition) is 3. The fourth-order valence-electron chi connectivity index (χ4n) is 1.81. The molecule has 6 nitrogen and oxygen atoms in total. The van der Waals surface area contributed by atoms with E-state index in [-0.39, 0.29) is 24.6 Å². The molecule has 0 aliphatic rings. The smallest absolute Gasteiger partial charge is 0.315 e. The Bertz CT molecular complexity index is 417. The van der Waals surface area contributed by atoms with Crippen LogP contribution >= 0.6 is 0 Å². The highest BCUT2D eigenvalue weighted by Crippen LogP contribution is 2.05. The molecule has 0 aromatic carbocycles. The lowest BCUT2D eigenvalue weighted by Gasteiger charge is -2.16. The van der Waals surface area contributed by atoms with Gasteiger partial charge >= 0.3 is 6.03 Å². The third kappa shape index (κ3) is 5.30. The van der Waals surface area contributed by atoms with Gasteiger partial charge in [-0.25, -0.2) is 4.79 Å². The zero-order chi connectivity index (χ0) is 14.4. The fourth-order valence-corrected chi connectivity index (χ4v) is 1.81. The van der Waals surface area contributed by atoms with Gasteiger partial charge in [0, 0.05) is 18.8 Å². The topological polar surface area (TPSA) is 79.2 Å². The molecule has 19 heavy (non-hydrogen) atoms. The molecular weight excluding hydrogens is 244 g/mol. The van der Waals surface area contributed by atoms with Gasteiger partial charge in [-0.1, -0.05) is 6.92 Å². The number of amides is 2. The van der Waals surface area contributed by atoms with E-state index >= 15 is 0 Å². The summed E-state index contributed by atoms with van der Waals surface area (Å²) in [6.45, 7) is 9.09. The average Bonchev–Trinajstić information content (AvgIpc) is 2.65. The third-order valence-corrected chi connectivity index (χ3v) is 2.85.